The van der Waals surface area contributed by atoms with E-state index >= 15 is 0 Å². The highest BCUT2D eigenvalue weighted by Crippen LogP contribution is 2.44. The topological polar surface area (TPSA) is 67.4 Å². The van der Waals surface area contributed by atoms with Gasteiger partial charge in [-0.1, -0.05) is 62.4 Å². The quantitative estimate of drug-likeness (QED) is 0.868. The van der Waals surface area contributed by atoms with Crippen molar-refractivity contribution in [3.63, 3.8) is 0 Å². The summed E-state index contributed by atoms with van der Waals surface area (Å²) in [5, 5.41) is 5.23. The van der Waals surface area contributed by atoms with Crippen LogP contribution in [0.15, 0.2) is 48.5 Å². The van der Waals surface area contributed by atoms with Gasteiger partial charge in [-0.05, 0) is 28.2 Å². The smallest absolute Gasteiger partial charge is 0.407 e. The number of alkyl carbamates (subject to hydrolysis) is 1. The third kappa shape index (κ3) is 3.43. The molecule has 1 atom stereocenters. The minimum atomic E-state index is -0.615. The van der Waals surface area contributed by atoms with Crippen molar-refractivity contribution in [2.24, 2.45) is 5.92 Å². The largest absolute Gasteiger partial charge is 0.449 e. The monoisotopic (exact) mass is 352 g/mol. The zero-order valence-corrected chi connectivity index (χ0v) is 15.3. The zero-order chi connectivity index (χ0) is 18.7. The SMILES string of the molecule is CNC(=O)[C@@H](NC(=O)OCC1c2ccccc2-c2ccccc21)C(C)C. The Hall–Kier alpha value is -2.82. The lowest BCUT2D eigenvalue weighted by Gasteiger charge is -2.21. The number of hydrogen-bond donors (Lipinski definition) is 2. The first kappa shape index (κ1) is 18.0. The van der Waals surface area contributed by atoms with Gasteiger partial charge >= 0.3 is 6.09 Å². The van der Waals surface area contributed by atoms with Crippen LogP contribution in [0.4, 0.5) is 4.79 Å². The van der Waals surface area contributed by atoms with Crippen molar-refractivity contribution in [1.82, 2.24) is 10.6 Å². The van der Waals surface area contributed by atoms with Crippen LogP contribution in [0.3, 0.4) is 0 Å². The molecule has 0 spiro atoms. The second kappa shape index (κ2) is 7.60. The molecular formula is C21H24N2O3. The van der Waals surface area contributed by atoms with Crippen molar-refractivity contribution in [3.8, 4) is 11.1 Å². The molecule has 0 fully saturated rings. The predicted octanol–water partition coefficient (Wildman–Crippen LogP) is 3.30. The van der Waals surface area contributed by atoms with Crippen molar-refractivity contribution in [2.75, 3.05) is 13.7 Å². The van der Waals surface area contributed by atoms with Gasteiger partial charge in [0, 0.05) is 13.0 Å². The van der Waals surface area contributed by atoms with E-state index in [1.807, 2.05) is 38.1 Å². The predicted molar refractivity (Wildman–Crippen MR) is 101 cm³/mol. The fourth-order valence-corrected chi connectivity index (χ4v) is 3.46. The van der Waals surface area contributed by atoms with Gasteiger partial charge in [0.2, 0.25) is 5.91 Å². The van der Waals surface area contributed by atoms with Crippen LogP contribution in [0, 0.1) is 5.92 Å². The third-order valence-electron chi connectivity index (χ3n) is 4.81. The fraction of sp³-hybridized carbons (Fsp3) is 0.333. The molecule has 2 amide bonds. The van der Waals surface area contributed by atoms with Gasteiger partial charge in [-0.2, -0.15) is 0 Å². The summed E-state index contributed by atoms with van der Waals surface area (Å²) in [4.78, 5) is 24.1. The second-order valence-electron chi connectivity index (χ2n) is 6.81. The molecule has 5 nitrogen and oxygen atoms in total. The van der Waals surface area contributed by atoms with E-state index in [2.05, 4.69) is 34.9 Å². The molecule has 1 aliphatic carbocycles. The molecule has 2 aromatic rings. The van der Waals surface area contributed by atoms with Crippen molar-refractivity contribution in [1.29, 1.82) is 0 Å². The lowest BCUT2D eigenvalue weighted by atomic mass is 9.98. The van der Waals surface area contributed by atoms with E-state index in [1.165, 1.54) is 11.1 Å². The molecule has 3 rings (SSSR count). The summed E-state index contributed by atoms with van der Waals surface area (Å²) >= 11 is 0. The van der Waals surface area contributed by atoms with Gasteiger partial charge in [-0.25, -0.2) is 4.79 Å². The Kier molecular flexibility index (Phi) is 5.26. The first-order chi connectivity index (χ1) is 12.5. The van der Waals surface area contributed by atoms with Crippen molar-refractivity contribution < 1.29 is 14.3 Å². The normalized spacial score (nSPS) is 13.7. The van der Waals surface area contributed by atoms with Gasteiger partial charge < -0.3 is 15.4 Å². The minimum absolute atomic E-state index is 0.00523. The Morgan fingerprint density at radius 1 is 1.00 bits per heavy atom. The molecular weight excluding hydrogens is 328 g/mol. The van der Waals surface area contributed by atoms with Crippen molar-refractivity contribution in [2.45, 2.75) is 25.8 Å². The summed E-state index contributed by atoms with van der Waals surface area (Å²) < 4.78 is 5.48. The molecule has 5 heteroatoms. The first-order valence-electron chi connectivity index (χ1n) is 8.86. The van der Waals surface area contributed by atoms with Crippen LogP contribution in [-0.4, -0.2) is 31.7 Å². The van der Waals surface area contributed by atoms with Gasteiger partial charge in [0.15, 0.2) is 0 Å². The summed E-state index contributed by atoms with van der Waals surface area (Å²) in [6, 6.07) is 15.7. The van der Waals surface area contributed by atoms with Crippen LogP contribution in [0.2, 0.25) is 0 Å². The zero-order valence-electron chi connectivity index (χ0n) is 15.3. The lowest BCUT2D eigenvalue weighted by molar-refractivity contribution is -0.123. The maximum absolute atomic E-state index is 12.2. The molecule has 0 saturated heterocycles. The van der Waals surface area contributed by atoms with Crippen LogP contribution in [-0.2, 0) is 9.53 Å². The van der Waals surface area contributed by atoms with Gasteiger partial charge in [0.1, 0.15) is 12.6 Å². The van der Waals surface area contributed by atoms with Crippen LogP contribution in [0.1, 0.15) is 30.9 Å². The summed E-state index contributed by atoms with van der Waals surface area (Å²) in [6.45, 7) is 3.99. The first-order valence-corrected chi connectivity index (χ1v) is 8.86. The number of carbonyl (C=O) groups is 2. The molecule has 0 aliphatic heterocycles. The number of fused-ring (bicyclic) bond motifs is 3. The minimum Gasteiger partial charge on any atom is -0.449 e. The van der Waals surface area contributed by atoms with E-state index in [4.69, 9.17) is 4.74 Å². The van der Waals surface area contributed by atoms with Crippen LogP contribution >= 0.6 is 0 Å². The molecule has 2 N–H and O–H groups in total. The van der Waals surface area contributed by atoms with Crippen LogP contribution < -0.4 is 10.6 Å². The standard InChI is InChI=1S/C21H24N2O3/c1-13(2)19(20(24)22-3)23-21(25)26-12-18-16-10-6-4-8-14(16)15-9-5-7-11-17(15)18/h4-11,13,18-19H,12H2,1-3H3,(H,22,24)(H,23,25)/t19-/m0/s1. The van der Waals surface area contributed by atoms with E-state index in [9.17, 15) is 9.59 Å². The number of carbonyl (C=O) groups excluding carboxylic acids is 2. The molecule has 1 aliphatic rings. The van der Waals surface area contributed by atoms with Crippen molar-refractivity contribution >= 4 is 12.0 Å². The number of amides is 2. The lowest BCUT2D eigenvalue weighted by Crippen LogP contribution is -2.49. The molecule has 0 bridgehead atoms. The number of rotatable bonds is 5. The Bertz CT molecular complexity index is 771. The Balaban J connectivity index is 1.72. The number of nitrogens with one attached hydrogen (secondary N) is 2. The molecule has 0 aromatic heterocycles. The van der Waals surface area contributed by atoms with E-state index < -0.39 is 12.1 Å². The van der Waals surface area contributed by atoms with E-state index in [1.54, 1.807) is 7.05 Å². The molecule has 0 saturated carbocycles. The number of ether oxygens (including phenoxy) is 1. The van der Waals surface area contributed by atoms with Crippen LogP contribution in [0.5, 0.6) is 0 Å². The highest BCUT2D eigenvalue weighted by Gasteiger charge is 2.30. The average molecular weight is 352 g/mol. The summed E-state index contributed by atoms with van der Waals surface area (Å²) in [6.07, 6.45) is -0.575. The fourth-order valence-electron chi connectivity index (χ4n) is 3.46. The highest BCUT2D eigenvalue weighted by atomic mass is 16.5. The van der Waals surface area contributed by atoms with E-state index in [-0.39, 0.29) is 24.3 Å². The summed E-state index contributed by atoms with van der Waals surface area (Å²) in [5.41, 5.74) is 4.69. The maximum atomic E-state index is 12.2. The maximum Gasteiger partial charge on any atom is 0.407 e. The molecule has 0 unspecified atom stereocenters. The number of hydrogen-bond acceptors (Lipinski definition) is 3. The molecule has 0 heterocycles. The van der Waals surface area contributed by atoms with Gasteiger partial charge in [0.05, 0.1) is 0 Å². The molecule has 26 heavy (non-hydrogen) atoms. The third-order valence-corrected chi connectivity index (χ3v) is 4.81. The Morgan fingerprint density at radius 3 is 2.04 bits per heavy atom. The van der Waals surface area contributed by atoms with E-state index in [0.29, 0.717) is 0 Å². The van der Waals surface area contributed by atoms with Gasteiger partial charge in [-0.15, -0.1) is 0 Å². The molecule has 0 radical (unpaired) electrons. The van der Waals surface area contributed by atoms with Gasteiger partial charge in [0.25, 0.3) is 0 Å². The highest BCUT2D eigenvalue weighted by molar-refractivity contribution is 5.85. The molecule has 136 valence electrons. The average Bonchev–Trinajstić information content (AvgIpc) is 2.97. The second-order valence-corrected chi connectivity index (χ2v) is 6.81. The van der Waals surface area contributed by atoms with E-state index in [0.717, 1.165) is 11.1 Å². The Labute approximate surface area is 153 Å². The number of likely N-dealkylation sites (N-methyl/N-ethyl adjacent to an activating group) is 1. The van der Waals surface area contributed by atoms with Crippen molar-refractivity contribution in [3.05, 3.63) is 59.7 Å². The molecule has 2 aromatic carbocycles. The number of benzene rings is 2. The summed E-state index contributed by atoms with van der Waals surface area (Å²) in [5.74, 6) is -0.255. The van der Waals surface area contributed by atoms with Gasteiger partial charge in [-0.3, -0.25) is 4.79 Å². The summed E-state index contributed by atoms with van der Waals surface area (Å²) in [7, 11) is 1.55. The Morgan fingerprint density at radius 2 is 1.54 bits per heavy atom. The van der Waals surface area contributed by atoms with Crippen LogP contribution in [0.25, 0.3) is 11.1 Å².